The molecule has 1 heterocycles. The average molecular weight is 243 g/mol. The van der Waals surface area contributed by atoms with Crippen molar-refractivity contribution in [2.75, 3.05) is 7.05 Å². The van der Waals surface area contributed by atoms with Crippen LogP contribution in [0.15, 0.2) is 0 Å². The summed E-state index contributed by atoms with van der Waals surface area (Å²) in [6, 6.07) is 0. The van der Waals surface area contributed by atoms with Crippen molar-refractivity contribution >= 4 is 11.8 Å². The second-order valence-electron chi connectivity index (χ2n) is 7.71. The molecule has 0 aromatic rings. The Hall–Kier alpha value is -0.860. The first-order chi connectivity index (χ1) is 8.70. The number of hydrogen-bond donors (Lipinski definition) is 0. The van der Waals surface area contributed by atoms with Crippen LogP contribution in [-0.2, 0) is 9.59 Å². The van der Waals surface area contributed by atoms with Gasteiger partial charge in [0.2, 0.25) is 11.8 Å². The molecule has 8 bridgehead atoms. The molecule has 1 saturated heterocycles. The van der Waals surface area contributed by atoms with Crippen LogP contribution in [0.3, 0.4) is 0 Å². The lowest BCUT2D eigenvalue weighted by molar-refractivity contribution is -0.152. The largest absolute Gasteiger partial charge is 0.285 e. The highest BCUT2D eigenvalue weighted by molar-refractivity contribution is 6.01. The second kappa shape index (κ2) is 2.30. The summed E-state index contributed by atoms with van der Waals surface area (Å²) < 4.78 is 0. The molecule has 6 saturated carbocycles. The third-order valence-electron chi connectivity index (χ3n) is 7.78. The van der Waals surface area contributed by atoms with Crippen molar-refractivity contribution in [1.29, 1.82) is 0 Å². The monoisotopic (exact) mass is 243 g/mol. The Labute approximate surface area is 106 Å². The van der Waals surface area contributed by atoms with Gasteiger partial charge in [0.25, 0.3) is 0 Å². The molecule has 7 fully saturated rings. The van der Waals surface area contributed by atoms with Crippen LogP contribution < -0.4 is 0 Å². The summed E-state index contributed by atoms with van der Waals surface area (Å²) in [5.74, 6) is 7.47. The lowest BCUT2D eigenvalue weighted by Crippen LogP contribution is -2.45. The van der Waals surface area contributed by atoms with Gasteiger partial charge in [-0.25, -0.2) is 0 Å². The third kappa shape index (κ3) is 0.633. The summed E-state index contributed by atoms with van der Waals surface area (Å²) in [5, 5.41) is 0. The van der Waals surface area contributed by atoms with E-state index < -0.39 is 0 Å². The molecule has 7 aliphatic rings. The second-order valence-corrected chi connectivity index (χ2v) is 7.71. The molecule has 1 aliphatic heterocycles. The number of fused-ring (bicyclic) bond motifs is 5. The van der Waals surface area contributed by atoms with Gasteiger partial charge >= 0.3 is 0 Å². The van der Waals surface area contributed by atoms with Crippen LogP contribution in [0.2, 0.25) is 0 Å². The Balaban J connectivity index is 1.54. The van der Waals surface area contributed by atoms with Gasteiger partial charge in [-0.15, -0.1) is 0 Å². The number of nitrogens with zero attached hydrogens (tertiary/aromatic N) is 1. The molecule has 0 aromatic heterocycles. The van der Waals surface area contributed by atoms with Gasteiger partial charge in [0.15, 0.2) is 0 Å². The number of carbonyl (C=O) groups is 2. The highest BCUT2D eigenvalue weighted by Crippen LogP contribution is 2.86. The van der Waals surface area contributed by atoms with Crippen LogP contribution in [0, 0.1) is 59.2 Å². The fourth-order valence-corrected chi connectivity index (χ4v) is 7.68. The zero-order valence-corrected chi connectivity index (χ0v) is 10.5. The first-order valence-corrected chi connectivity index (χ1v) is 7.51. The van der Waals surface area contributed by atoms with Crippen molar-refractivity contribution in [3.8, 4) is 0 Å². The Morgan fingerprint density at radius 2 is 1.22 bits per heavy atom. The Morgan fingerprint density at radius 3 is 1.67 bits per heavy atom. The number of hydrogen-bond acceptors (Lipinski definition) is 2. The van der Waals surface area contributed by atoms with E-state index in [-0.39, 0.29) is 23.7 Å². The summed E-state index contributed by atoms with van der Waals surface area (Å²) in [6.45, 7) is 0. The van der Waals surface area contributed by atoms with E-state index in [1.54, 1.807) is 7.05 Å². The van der Waals surface area contributed by atoms with Gasteiger partial charge in [-0.05, 0) is 60.2 Å². The molecular weight excluding hydrogens is 226 g/mol. The van der Waals surface area contributed by atoms with Crippen LogP contribution in [-0.4, -0.2) is 23.8 Å². The lowest BCUT2D eigenvalue weighted by atomic mass is 9.76. The topological polar surface area (TPSA) is 37.4 Å². The molecule has 94 valence electrons. The number of rotatable bonds is 0. The van der Waals surface area contributed by atoms with Gasteiger partial charge in [0, 0.05) is 18.9 Å². The number of amides is 2. The van der Waals surface area contributed by atoms with E-state index in [1.807, 2.05) is 0 Å². The zero-order chi connectivity index (χ0) is 11.9. The van der Waals surface area contributed by atoms with Crippen molar-refractivity contribution in [3.63, 3.8) is 0 Å². The van der Waals surface area contributed by atoms with Crippen LogP contribution in [0.25, 0.3) is 0 Å². The molecule has 0 radical (unpaired) electrons. The molecular formula is C15H17NO2. The quantitative estimate of drug-likeness (QED) is 0.595. The Kier molecular flexibility index (Phi) is 1.16. The summed E-state index contributed by atoms with van der Waals surface area (Å²) >= 11 is 0. The molecule has 8 unspecified atom stereocenters. The predicted molar refractivity (Wildman–Crippen MR) is 61.9 cm³/mol. The first kappa shape index (κ1) is 9.11. The van der Waals surface area contributed by atoms with Crippen molar-refractivity contribution < 1.29 is 9.59 Å². The van der Waals surface area contributed by atoms with Gasteiger partial charge < -0.3 is 0 Å². The number of likely N-dealkylation sites (tertiary alicyclic amines) is 1. The van der Waals surface area contributed by atoms with Gasteiger partial charge in [0.1, 0.15) is 0 Å². The molecule has 7 rings (SSSR count). The van der Waals surface area contributed by atoms with E-state index in [2.05, 4.69) is 0 Å². The van der Waals surface area contributed by atoms with Crippen molar-refractivity contribution in [2.45, 2.75) is 12.8 Å². The smallest absolute Gasteiger partial charge is 0.232 e. The SMILES string of the molecule is CN1C(=O)C2CC(C1=O)C1C2C2C3CC4C2C4C31. The predicted octanol–water partition coefficient (Wildman–Crippen LogP) is 0.995. The molecule has 0 N–H and O–H groups in total. The fraction of sp³-hybridized carbons (Fsp3) is 0.867. The molecule has 3 nitrogen and oxygen atoms in total. The first-order valence-electron chi connectivity index (χ1n) is 7.51. The van der Waals surface area contributed by atoms with Gasteiger partial charge in [-0.3, -0.25) is 14.5 Å². The minimum Gasteiger partial charge on any atom is -0.285 e. The van der Waals surface area contributed by atoms with Gasteiger partial charge in [0.05, 0.1) is 0 Å². The molecule has 0 spiro atoms. The standard InChI is InChI=1S/C15H17NO2/c1-16-14(17)6-3-7(15(16)18)13-11-5-2-4-8(9(4)11)10(5)12(6)13/h4-13H,2-3H2,1H3. The van der Waals surface area contributed by atoms with Crippen LogP contribution in [0.5, 0.6) is 0 Å². The van der Waals surface area contributed by atoms with Crippen LogP contribution in [0.1, 0.15) is 12.8 Å². The number of imide groups is 1. The third-order valence-corrected chi connectivity index (χ3v) is 7.78. The van der Waals surface area contributed by atoms with Crippen LogP contribution in [0.4, 0.5) is 0 Å². The molecule has 3 heteroatoms. The van der Waals surface area contributed by atoms with E-state index in [9.17, 15) is 9.59 Å². The normalized spacial score (nSPS) is 69.1. The summed E-state index contributed by atoms with van der Waals surface area (Å²) in [6.07, 6.45) is 2.33. The minimum atomic E-state index is 0.144. The van der Waals surface area contributed by atoms with Crippen molar-refractivity contribution in [3.05, 3.63) is 0 Å². The highest BCUT2D eigenvalue weighted by atomic mass is 16.2. The van der Waals surface area contributed by atoms with E-state index >= 15 is 0 Å². The van der Waals surface area contributed by atoms with Crippen molar-refractivity contribution in [2.24, 2.45) is 59.2 Å². The van der Waals surface area contributed by atoms with E-state index in [0.717, 1.165) is 41.9 Å². The fourth-order valence-electron chi connectivity index (χ4n) is 7.68. The molecule has 6 aliphatic carbocycles. The highest BCUT2D eigenvalue weighted by Gasteiger charge is 2.83. The van der Waals surface area contributed by atoms with E-state index in [4.69, 9.17) is 0 Å². The van der Waals surface area contributed by atoms with Crippen molar-refractivity contribution in [1.82, 2.24) is 4.90 Å². The number of carbonyl (C=O) groups excluding carboxylic acids is 2. The van der Waals surface area contributed by atoms with E-state index in [0.29, 0.717) is 11.8 Å². The number of piperidine rings is 1. The lowest BCUT2D eigenvalue weighted by Gasteiger charge is -2.30. The average Bonchev–Trinajstić information content (AvgIpc) is 2.83. The minimum absolute atomic E-state index is 0.144. The maximum atomic E-state index is 12.4. The molecule has 18 heavy (non-hydrogen) atoms. The van der Waals surface area contributed by atoms with Gasteiger partial charge in [-0.2, -0.15) is 0 Å². The molecule has 2 amide bonds. The summed E-state index contributed by atoms with van der Waals surface area (Å²) in [4.78, 5) is 26.2. The maximum absolute atomic E-state index is 12.4. The maximum Gasteiger partial charge on any atom is 0.232 e. The Morgan fingerprint density at radius 1 is 0.778 bits per heavy atom. The van der Waals surface area contributed by atoms with Gasteiger partial charge in [-0.1, -0.05) is 0 Å². The Bertz CT molecular complexity index is 487. The summed E-state index contributed by atoms with van der Waals surface area (Å²) in [5.41, 5.74) is 0. The van der Waals surface area contributed by atoms with Crippen LogP contribution >= 0.6 is 0 Å². The zero-order valence-electron chi connectivity index (χ0n) is 10.5. The molecule has 0 aromatic carbocycles. The molecule has 8 atom stereocenters. The van der Waals surface area contributed by atoms with E-state index in [1.165, 1.54) is 11.3 Å². The summed E-state index contributed by atoms with van der Waals surface area (Å²) in [7, 11) is 1.70.